The number of aromatic nitrogens is 1. The van der Waals surface area contributed by atoms with Crippen molar-refractivity contribution >= 4 is 17.8 Å². The summed E-state index contributed by atoms with van der Waals surface area (Å²) in [6.07, 6.45) is 15.8. The lowest BCUT2D eigenvalue weighted by molar-refractivity contribution is 0.415. The van der Waals surface area contributed by atoms with Gasteiger partial charge in [0, 0.05) is 12.6 Å². The van der Waals surface area contributed by atoms with Gasteiger partial charge in [-0.2, -0.15) is 0 Å². The van der Waals surface area contributed by atoms with Gasteiger partial charge in [-0.1, -0.05) is 24.3 Å². The van der Waals surface area contributed by atoms with Crippen molar-refractivity contribution in [2.45, 2.75) is 13.1 Å². The quantitative estimate of drug-likeness (QED) is 0.702. The van der Waals surface area contributed by atoms with Gasteiger partial charge in [0.05, 0.1) is 19.0 Å². The summed E-state index contributed by atoms with van der Waals surface area (Å²) in [7, 11) is 1.66. The van der Waals surface area contributed by atoms with E-state index in [9.17, 15) is 0 Å². The largest absolute Gasteiger partial charge is 0.497 e. The van der Waals surface area contributed by atoms with Crippen molar-refractivity contribution in [3.8, 4) is 5.75 Å². The van der Waals surface area contributed by atoms with Crippen LogP contribution in [0, 0.1) is 0 Å². The highest BCUT2D eigenvalue weighted by atomic mass is 16.5. The fraction of sp³-hybridized carbons (Fsp3) is 0.174. The molecule has 6 heteroatoms. The Kier molecular flexibility index (Phi) is 5.52. The molecule has 3 N–H and O–H groups in total. The molecular weight excluding hydrogens is 364 g/mol. The van der Waals surface area contributed by atoms with Crippen LogP contribution < -0.4 is 20.7 Å². The molecule has 1 aromatic carbocycles. The van der Waals surface area contributed by atoms with Crippen molar-refractivity contribution in [3.05, 3.63) is 89.5 Å². The van der Waals surface area contributed by atoms with E-state index in [1.165, 1.54) is 5.57 Å². The molecule has 1 unspecified atom stereocenters. The summed E-state index contributed by atoms with van der Waals surface area (Å²) in [5, 5.41) is 10.2. The third-order valence-electron chi connectivity index (χ3n) is 4.60. The number of ether oxygens (including phenoxy) is 1. The second-order valence-electron chi connectivity index (χ2n) is 6.79. The van der Waals surface area contributed by atoms with E-state index in [-0.39, 0.29) is 6.17 Å². The highest BCUT2D eigenvalue weighted by molar-refractivity contribution is 5.68. The van der Waals surface area contributed by atoms with E-state index >= 15 is 0 Å². The summed E-state index contributed by atoms with van der Waals surface area (Å²) in [4.78, 5) is 4.36. The topological polar surface area (TPSA) is 71.3 Å². The van der Waals surface area contributed by atoms with Gasteiger partial charge in [-0.3, -0.25) is 0 Å². The van der Waals surface area contributed by atoms with E-state index < -0.39 is 0 Å². The average molecular weight is 388 g/mol. The molecular formula is C23H24N4O2. The van der Waals surface area contributed by atoms with E-state index in [2.05, 4.69) is 46.1 Å². The number of hydrogen-bond donors (Lipinski definition) is 3. The number of benzene rings is 1. The van der Waals surface area contributed by atoms with Crippen LogP contribution in [0.1, 0.15) is 24.1 Å². The van der Waals surface area contributed by atoms with Gasteiger partial charge in [0.2, 0.25) is 5.89 Å². The molecule has 3 heterocycles. The Balaban J connectivity index is 1.39. The standard InChI is InChI=1S/C23H24N4O2/c1-16-12-13-24-22(14-16)27-21-5-3-4-19(26-21)20-15-25-23(29-20)11-8-17-6-9-18(28-2)10-7-17/h3-12,14-15,21,24,26-27H,13H2,1-2H3/b11-8+. The number of oxazole rings is 1. The first-order chi connectivity index (χ1) is 14.2. The monoisotopic (exact) mass is 388 g/mol. The fourth-order valence-corrected chi connectivity index (χ4v) is 3.06. The van der Waals surface area contributed by atoms with Crippen LogP contribution in [0.5, 0.6) is 5.75 Å². The molecule has 0 fully saturated rings. The Bertz CT molecular complexity index is 1010. The van der Waals surface area contributed by atoms with E-state index in [4.69, 9.17) is 9.15 Å². The van der Waals surface area contributed by atoms with Crippen molar-refractivity contribution in [1.82, 2.24) is 20.9 Å². The first kappa shape index (κ1) is 18.7. The van der Waals surface area contributed by atoms with Gasteiger partial charge >= 0.3 is 0 Å². The predicted octanol–water partition coefficient (Wildman–Crippen LogP) is 3.66. The van der Waals surface area contributed by atoms with Crippen LogP contribution in [0.25, 0.3) is 17.8 Å². The van der Waals surface area contributed by atoms with E-state index in [1.54, 1.807) is 13.3 Å². The number of dihydropyridines is 2. The van der Waals surface area contributed by atoms with Crippen LogP contribution >= 0.6 is 0 Å². The number of hydrogen-bond acceptors (Lipinski definition) is 6. The minimum absolute atomic E-state index is 0.0389. The lowest BCUT2D eigenvalue weighted by atomic mass is 10.2. The molecule has 6 nitrogen and oxygen atoms in total. The summed E-state index contributed by atoms with van der Waals surface area (Å²) in [6.45, 7) is 2.92. The highest BCUT2D eigenvalue weighted by Gasteiger charge is 2.15. The van der Waals surface area contributed by atoms with Gasteiger partial charge < -0.3 is 25.1 Å². The molecule has 2 aliphatic heterocycles. The van der Waals surface area contributed by atoms with Crippen molar-refractivity contribution in [3.63, 3.8) is 0 Å². The second kappa shape index (κ2) is 8.56. The Labute approximate surface area is 170 Å². The molecule has 0 saturated carbocycles. The molecule has 1 atom stereocenters. The zero-order chi connectivity index (χ0) is 20.1. The third kappa shape index (κ3) is 4.79. The van der Waals surface area contributed by atoms with Crippen molar-refractivity contribution < 1.29 is 9.15 Å². The normalized spacial score (nSPS) is 18.4. The minimum atomic E-state index is -0.0389. The van der Waals surface area contributed by atoms with E-state index in [1.807, 2.05) is 48.6 Å². The van der Waals surface area contributed by atoms with Crippen molar-refractivity contribution in [2.24, 2.45) is 0 Å². The van der Waals surface area contributed by atoms with Gasteiger partial charge in [-0.25, -0.2) is 4.98 Å². The molecule has 2 aromatic rings. The maximum atomic E-state index is 5.89. The summed E-state index contributed by atoms with van der Waals surface area (Å²) >= 11 is 0. The predicted molar refractivity (Wildman–Crippen MR) is 115 cm³/mol. The molecule has 4 rings (SSSR count). The molecule has 0 bridgehead atoms. The maximum Gasteiger partial charge on any atom is 0.219 e. The molecule has 0 radical (unpaired) electrons. The lowest BCUT2D eigenvalue weighted by Gasteiger charge is -2.25. The summed E-state index contributed by atoms with van der Waals surface area (Å²) in [5.74, 6) is 3.07. The number of allylic oxidation sites excluding steroid dienone is 4. The SMILES string of the molecule is COc1ccc(/C=C/c2ncc(C3=CC=CC(NC4=CC(C)=CCN4)N3)o2)cc1. The number of methoxy groups -OCH3 is 1. The Morgan fingerprint density at radius 1 is 1.24 bits per heavy atom. The Hall–Kier alpha value is -3.67. The highest BCUT2D eigenvalue weighted by Crippen LogP contribution is 2.19. The van der Waals surface area contributed by atoms with Crippen LogP contribution in [-0.4, -0.2) is 24.8 Å². The molecule has 0 aliphatic carbocycles. The van der Waals surface area contributed by atoms with Gasteiger partial charge in [0.25, 0.3) is 0 Å². The second-order valence-corrected chi connectivity index (χ2v) is 6.79. The number of nitrogens with zero attached hydrogens (tertiary/aromatic N) is 1. The van der Waals surface area contributed by atoms with Crippen molar-refractivity contribution in [1.29, 1.82) is 0 Å². The van der Waals surface area contributed by atoms with E-state index in [0.717, 1.165) is 29.4 Å². The lowest BCUT2D eigenvalue weighted by Crippen LogP contribution is -2.44. The summed E-state index contributed by atoms with van der Waals surface area (Å²) < 4.78 is 11.1. The number of nitrogens with one attached hydrogen (secondary N) is 3. The van der Waals surface area contributed by atoms with Crippen LogP contribution in [0.3, 0.4) is 0 Å². The molecule has 0 saturated heterocycles. The number of rotatable bonds is 6. The van der Waals surface area contributed by atoms with Crippen LogP contribution in [0.4, 0.5) is 0 Å². The van der Waals surface area contributed by atoms with Crippen LogP contribution in [0.2, 0.25) is 0 Å². The first-order valence-electron chi connectivity index (χ1n) is 9.52. The average Bonchev–Trinajstić information content (AvgIpc) is 3.22. The molecule has 29 heavy (non-hydrogen) atoms. The summed E-state index contributed by atoms with van der Waals surface area (Å²) in [6, 6.07) is 7.81. The minimum Gasteiger partial charge on any atom is -0.497 e. The van der Waals surface area contributed by atoms with Gasteiger partial charge in [0.15, 0.2) is 5.76 Å². The molecule has 0 amide bonds. The van der Waals surface area contributed by atoms with Crippen LogP contribution in [0.15, 0.2) is 76.7 Å². The molecule has 2 aliphatic rings. The smallest absolute Gasteiger partial charge is 0.219 e. The fourth-order valence-electron chi connectivity index (χ4n) is 3.06. The van der Waals surface area contributed by atoms with Crippen LogP contribution in [-0.2, 0) is 0 Å². The zero-order valence-electron chi connectivity index (χ0n) is 16.5. The Morgan fingerprint density at radius 3 is 2.90 bits per heavy atom. The van der Waals surface area contributed by atoms with Gasteiger partial charge in [0.1, 0.15) is 17.7 Å². The first-order valence-corrected chi connectivity index (χ1v) is 9.52. The summed E-state index contributed by atoms with van der Waals surface area (Å²) in [5.41, 5.74) is 3.17. The van der Waals surface area contributed by atoms with E-state index in [0.29, 0.717) is 11.7 Å². The molecule has 148 valence electrons. The molecule has 1 aromatic heterocycles. The van der Waals surface area contributed by atoms with Gasteiger partial charge in [-0.05, 0) is 54.5 Å². The Morgan fingerprint density at radius 2 is 2.10 bits per heavy atom. The molecule has 0 spiro atoms. The zero-order valence-corrected chi connectivity index (χ0v) is 16.5. The van der Waals surface area contributed by atoms with Crippen molar-refractivity contribution in [2.75, 3.05) is 13.7 Å². The maximum absolute atomic E-state index is 5.89. The third-order valence-corrected chi connectivity index (χ3v) is 4.60. The van der Waals surface area contributed by atoms with Gasteiger partial charge in [-0.15, -0.1) is 0 Å².